The van der Waals surface area contributed by atoms with E-state index in [1.165, 1.54) is 5.56 Å². The summed E-state index contributed by atoms with van der Waals surface area (Å²) in [5.74, 6) is 0.452. The lowest BCUT2D eigenvalue weighted by Crippen LogP contribution is -2.06. The molecule has 0 atom stereocenters. The number of esters is 1. The van der Waals surface area contributed by atoms with Crippen molar-refractivity contribution in [3.05, 3.63) is 76.5 Å². The van der Waals surface area contributed by atoms with Gasteiger partial charge in [0.25, 0.3) is 0 Å². The topological polar surface area (TPSA) is 38.7 Å². The largest absolute Gasteiger partial charge is 0.402 e. The Kier molecular flexibility index (Phi) is 4.11. The van der Waals surface area contributed by atoms with Gasteiger partial charge >= 0.3 is 5.97 Å². The lowest BCUT2D eigenvalue weighted by atomic mass is 10.0. The monoisotopic (exact) mass is 305 g/mol. The van der Waals surface area contributed by atoms with Crippen molar-refractivity contribution in [2.45, 2.75) is 26.7 Å². The SMILES string of the molecule is Cc1ccccc1C1=N/C(=C/c2ccc(C(C)C)cc2)C(=O)O1. The summed E-state index contributed by atoms with van der Waals surface area (Å²) in [4.78, 5) is 16.4. The highest BCUT2D eigenvalue weighted by atomic mass is 16.6. The van der Waals surface area contributed by atoms with Gasteiger partial charge in [-0.15, -0.1) is 0 Å². The van der Waals surface area contributed by atoms with E-state index in [-0.39, 0.29) is 0 Å². The number of aryl methyl sites for hydroxylation is 1. The number of rotatable bonds is 3. The van der Waals surface area contributed by atoms with E-state index < -0.39 is 5.97 Å². The van der Waals surface area contributed by atoms with E-state index in [1.807, 2.05) is 43.3 Å². The minimum atomic E-state index is -0.406. The number of cyclic esters (lactones) is 1. The van der Waals surface area contributed by atoms with Gasteiger partial charge in [-0.25, -0.2) is 9.79 Å². The molecule has 1 heterocycles. The Balaban J connectivity index is 1.90. The van der Waals surface area contributed by atoms with E-state index in [4.69, 9.17) is 4.74 Å². The van der Waals surface area contributed by atoms with Gasteiger partial charge in [-0.1, -0.05) is 56.3 Å². The van der Waals surface area contributed by atoms with Crippen LogP contribution >= 0.6 is 0 Å². The van der Waals surface area contributed by atoms with Crippen molar-refractivity contribution < 1.29 is 9.53 Å². The van der Waals surface area contributed by atoms with Gasteiger partial charge < -0.3 is 4.74 Å². The van der Waals surface area contributed by atoms with Gasteiger partial charge in [-0.2, -0.15) is 0 Å². The minimum absolute atomic E-state index is 0.334. The predicted molar refractivity (Wildman–Crippen MR) is 92.3 cm³/mol. The highest BCUT2D eigenvalue weighted by Gasteiger charge is 2.24. The summed E-state index contributed by atoms with van der Waals surface area (Å²) in [7, 11) is 0. The van der Waals surface area contributed by atoms with Crippen molar-refractivity contribution in [2.24, 2.45) is 4.99 Å². The molecule has 0 amide bonds. The molecule has 0 bridgehead atoms. The Labute approximate surface area is 136 Å². The number of nitrogens with zero attached hydrogens (tertiary/aromatic N) is 1. The molecular formula is C20H19NO2. The number of hydrogen-bond donors (Lipinski definition) is 0. The Morgan fingerprint density at radius 3 is 2.39 bits per heavy atom. The maximum Gasteiger partial charge on any atom is 0.363 e. The van der Waals surface area contributed by atoms with Crippen LogP contribution in [0.4, 0.5) is 0 Å². The van der Waals surface area contributed by atoms with Crippen LogP contribution in [0.25, 0.3) is 6.08 Å². The molecule has 3 rings (SSSR count). The van der Waals surface area contributed by atoms with E-state index in [0.717, 1.165) is 16.7 Å². The van der Waals surface area contributed by atoms with E-state index in [0.29, 0.717) is 17.5 Å². The Bertz CT molecular complexity index is 799. The maximum absolute atomic E-state index is 12.0. The number of carbonyl (C=O) groups is 1. The fourth-order valence-corrected chi connectivity index (χ4v) is 2.47. The average molecular weight is 305 g/mol. The second kappa shape index (κ2) is 6.21. The molecule has 0 aromatic heterocycles. The molecule has 1 aliphatic rings. The van der Waals surface area contributed by atoms with Crippen LogP contribution in [0.1, 0.15) is 42.0 Å². The first-order chi connectivity index (χ1) is 11.0. The zero-order valence-corrected chi connectivity index (χ0v) is 13.5. The zero-order chi connectivity index (χ0) is 16.4. The summed E-state index contributed by atoms with van der Waals surface area (Å²) < 4.78 is 5.32. The predicted octanol–water partition coefficient (Wildman–Crippen LogP) is 4.46. The van der Waals surface area contributed by atoms with Crippen LogP contribution in [0.5, 0.6) is 0 Å². The maximum atomic E-state index is 12.0. The summed E-state index contributed by atoms with van der Waals surface area (Å²) in [5.41, 5.74) is 4.42. The minimum Gasteiger partial charge on any atom is -0.402 e. The quantitative estimate of drug-likeness (QED) is 0.620. The van der Waals surface area contributed by atoms with Crippen molar-refractivity contribution in [1.29, 1.82) is 0 Å². The summed E-state index contributed by atoms with van der Waals surface area (Å²) in [6.07, 6.45) is 1.76. The Morgan fingerprint density at radius 2 is 1.74 bits per heavy atom. The molecule has 0 spiro atoms. The summed E-state index contributed by atoms with van der Waals surface area (Å²) >= 11 is 0. The third-order valence-electron chi connectivity index (χ3n) is 3.90. The second-order valence-electron chi connectivity index (χ2n) is 5.97. The number of benzene rings is 2. The van der Waals surface area contributed by atoms with Crippen molar-refractivity contribution in [3.63, 3.8) is 0 Å². The number of hydrogen-bond acceptors (Lipinski definition) is 3. The molecule has 0 N–H and O–H groups in total. The molecule has 0 unspecified atom stereocenters. The van der Waals surface area contributed by atoms with E-state index >= 15 is 0 Å². The third-order valence-corrected chi connectivity index (χ3v) is 3.90. The standard InChI is InChI=1S/C20H19NO2/c1-13(2)16-10-8-15(9-11-16)12-18-20(22)23-19(21-18)17-7-5-4-6-14(17)3/h4-13H,1-3H3/b18-12+. The number of ether oxygens (including phenoxy) is 1. The number of carbonyl (C=O) groups excluding carboxylic acids is 1. The van der Waals surface area contributed by atoms with E-state index in [2.05, 4.69) is 31.0 Å². The lowest BCUT2D eigenvalue weighted by molar-refractivity contribution is -0.129. The molecule has 3 heteroatoms. The average Bonchev–Trinajstić information content (AvgIpc) is 2.89. The van der Waals surface area contributed by atoms with Gasteiger partial charge in [0.2, 0.25) is 5.90 Å². The second-order valence-corrected chi connectivity index (χ2v) is 5.97. The number of aliphatic imine (C=N–C) groups is 1. The molecule has 23 heavy (non-hydrogen) atoms. The molecule has 0 radical (unpaired) electrons. The van der Waals surface area contributed by atoms with Gasteiger partial charge in [0.05, 0.1) is 0 Å². The van der Waals surface area contributed by atoms with Gasteiger partial charge in [0.1, 0.15) is 0 Å². The molecule has 116 valence electrons. The van der Waals surface area contributed by atoms with E-state index in [9.17, 15) is 4.79 Å². The molecule has 2 aromatic carbocycles. The van der Waals surface area contributed by atoms with Gasteiger partial charge in [-0.05, 0) is 41.7 Å². The van der Waals surface area contributed by atoms with Gasteiger partial charge in [-0.3, -0.25) is 0 Å². The Hall–Kier alpha value is -2.68. The van der Waals surface area contributed by atoms with Crippen LogP contribution in [0, 0.1) is 6.92 Å². The Morgan fingerprint density at radius 1 is 1.04 bits per heavy atom. The van der Waals surface area contributed by atoms with Crippen LogP contribution in [-0.2, 0) is 9.53 Å². The first kappa shape index (κ1) is 15.2. The van der Waals surface area contributed by atoms with Crippen molar-refractivity contribution in [3.8, 4) is 0 Å². The fourth-order valence-electron chi connectivity index (χ4n) is 2.47. The molecule has 3 nitrogen and oxygen atoms in total. The summed E-state index contributed by atoms with van der Waals surface area (Å²) in [6, 6.07) is 15.9. The van der Waals surface area contributed by atoms with Crippen LogP contribution < -0.4 is 0 Å². The molecule has 2 aromatic rings. The smallest absolute Gasteiger partial charge is 0.363 e. The molecule has 0 saturated carbocycles. The first-order valence-electron chi connectivity index (χ1n) is 7.73. The van der Waals surface area contributed by atoms with Crippen molar-refractivity contribution >= 4 is 17.9 Å². The zero-order valence-electron chi connectivity index (χ0n) is 13.5. The highest BCUT2D eigenvalue weighted by molar-refractivity contribution is 6.13. The fraction of sp³-hybridized carbons (Fsp3) is 0.200. The van der Waals surface area contributed by atoms with Crippen molar-refractivity contribution in [2.75, 3.05) is 0 Å². The third kappa shape index (κ3) is 3.24. The van der Waals surface area contributed by atoms with Crippen LogP contribution in [0.2, 0.25) is 0 Å². The van der Waals surface area contributed by atoms with Gasteiger partial charge in [0, 0.05) is 5.56 Å². The lowest BCUT2D eigenvalue weighted by Gasteiger charge is -2.04. The molecule has 0 saturated heterocycles. The van der Waals surface area contributed by atoms with Crippen molar-refractivity contribution in [1.82, 2.24) is 0 Å². The molecule has 0 fully saturated rings. The molecule has 0 aliphatic carbocycles. The first-order valence-corrected chi connectivity index (χ1v) is 7.73. The molecular weight excluding hydrogens is 286 g/mol. The van der Waals surface area contributed by atoms with Crippen LogP contribution in [-0.4, -0.2) is 11.9 Å². The summed E-state index contributed by atoms with van der Waals surface area (Å²) in [6.45, 7) is 6.28. The van der Waals surface area contributed by atoms with Crippen LogP contribution in [0.15, 0.2) is 59.2 Å². The normalized spacial score (nSPS) is 15.9. The molecule has 1 aliphatic heterocycles. The van der Waals surface area contributed by atoms with Crippen LogP contribution in [0.3, 0.4) is 0 Å². The summed E-state index contributed by atoms with van der Waals surface area (Å²) in [5, 5.41) is 0. The highest BCUT2D eigenvalue weighted by Crippen LogP contribution is 2.22. The van der Waals surface area contributed by atoms with E-state index in [1.54, 1.807) is 6.08 Å². The van der Waals surface area contributed by atoms with Gasteiger partial charge in [0.15, 0.2) is 5.70 Å².